The normalized spacial score (nSPS) is 25.6. The number of rotatable bonds is 3. The molecule has 1 heterocycles. The standard InChI is InChI=1S/C11H18N2O4S/c1-8(2)7-13-11(12-3)10-9(18(14,15)16)5-4-6-17-10/h7,9-10H,3-6H2,1-2H3,(H,14,15,16)/b13-11-/t9-,10+/m0/s1. The van der Waals surface area contributed by atoms with E-state index in [9.17, 15) is 13.0 Å². The molecule has 0 aromatic carbocycles. The van der Waals surface area contributed by atoms with Crippen LogP contribution in [-0.2, 0) is 14.9 Å². The van der Waals surface area contributed by atoms with E-state index in [0.717, 1.165) is 5.57 Å². The second kappa shape index (κ2) is 6.21. The van der Waals surface area contributed by atoms with Crippen LogP contribution in [0.4, 0.5) is 0 Å². The van der Waals surface area contributed by atoms with Crippen molar-refractivity contribution >= 4 is 22.7 Å². The second-order valence-corrected chi connectivity index (χ2v) is 5.97. The van der Waals surface area contributed by atoms with E-state index >= 15 is 0 Å². The zero-order chi connectivity index (χ0) is 13.8. The van der Waals surface area contributed by atoms with Crippen molar-refractivity contribution in [3.8, 4) is 0 Å². The SMILES string of the molecule is C=N/C(=N\C=C(C)C)[C@@H]1OCCC[C@@H]1S(=O)(=O)O. The topological polar surface area (TPSA) is 88.3 Å². The molecule has 0 amide bonds. The summed E-state index contributed by atoms with van der Waals surface area (Å²) in [5, 5.41) is -1.03. The molecule has 0 aromatic rings. The lowest BCUT2D eigenvalue weighted by molar-refractivity contribution is 0.0588. The maximum absolute atomic E-state index is 11.3. The highest BCUT2D eigenvalue weighted by Gasteiger charge is 2.38. The van der Waals surface area contributed by atoms with Crippen LogP contribution in [0.2, 0.25) is 0 Å². The molecule has 0 bridgehead atoms. The summed E-state index contributed by atoms with van der Waals surface area (Å²) < 4.78 is 37.2. The smallest absolute Gasteiger partial charge is 0.270 e. The van der Waals surface area contributed by atoms with Crippen LogP contribution >= 0.6 is 0 Å². The zero-order valence-corrected chi connectivity index (χ0v) is 11.4. The highest BCUT2D eigenvalue weighted by atomic mass is 32.2. The van der Waals surface area contributed by atoms with Crippen molar-refractivity contribution in [2.75, 3.05) is 6.61 Å². The maximum Gasteiger partial charge on any atom is 0.270 e. The summed E-state index contributed by atoms with van der Waals surface area (Å²) in [5.41, 5.74) is 0.940. The molecule has 6 nitrogen and oxygen atoms in total. The average Bonchev–Trinajstić information content (AvgIpc) is 2.29. The molecule has 0 spiro atoms. The maximum atomic E-state index is 11.3. The van der Waals surface area contributed by atoms with E-state index in [-0.39, 0.29) is 5.84 Å². The summed E-state index contributed by atoms with van der Waals surface area (Å²) in [6.07, 6.45) is 1.60. The van der Waals surface area contributed by atoms with Gasteiger partial charge in [-0.3, -0.25) is 4.55 Å². The zero-order valence-electron chi connectivity index (χ0n) is 10.5. The molecular weight excluding hydrogens is 256 g/mol. The highest BCUT2D eigenvalue weighted by molar-refractivity contribution is 7.86. The molecule has 0 aromatic heterocycles. The lowest BCUT2D eigenvalue weighted by Gasteiger charge is -2.28. The Morgan fingerprint density at radius 1 is 1.50 bits per heavy atom. The minimum Gasteiger partial charge on any atom is -0.369 e. The predicted octanol–water partition coefficient (Wildman–Crippen LogP) is 1.44. The Balaban J connectivity index is 3.05. The Morgan fingerprint density at radius 3 is 2.67 bits per heavy atom. The van der Waals surface area contributed by atoms with Crippen LogP contribution in [0.1, 0.15) is 26.7 Å². The molecule has 1 aliphatic heterocycles. The van der Waals surface area contributed by atoms with Gasteiger partial charge in [-0.15, -0.1) is 0 Å². The van der Waals surface area contributed by atoms with Gasteiger partial charge in [0.1, 0.15) is 11.4 Å². The van der Waals surface area contributed by atoms with Gasteiger partial charge in [-0.2, -0.15) is 8.42 Å². The van der Waals surface area contributed by atoms with Crippen LogP contribution in [0.3, 0.4) is 0 Å². The predicted molar refractivity (Wildman–Crippen MR) is 70.7 cm³/mol. The van der Waals surface area contributed by atoms with Gasteiger partial charge in [-0.1, -0.05) is 5.57 Å². The third-order valence-electron chi connectivity index (χ3n) is 2.52. The molecule has 102 valence electrons. The van der Waals surface area contributed by atoms with Crippen LogP contribution in [0.15, 0.2) is 21.8 Å². The molecule has 1 saturated heterocycles. The second-order valence-electron chi connectivity index (χ2n) is 4.34. The summed E-state index contributed by atoms with van der Waals surface area (Å²) >= 11 is 0. The first-order valence-electron chi connectivity index (χ1n) is 5.62. The van der Waals surface area contributed by atoms with Gasteiger partial charge in [-0.05, 0) is 33.4 Å². The van der Waals surface area contributed by atoms with E-state index in [1.54, 1.807) is 6.20 Å². The molecule has 0 radical (unpaired) electrons. The molecule has 1 fully saturated rings. The van der Waals surface area contributed by atoms with Crippen LogP contribution in [-0.4, -0.2) is 43.5 Å². The van der Waals surface area contributed by atoms with Crippen molar-refractivity contribution < 1.29 is 17.7 Å². The van der Waals surface area contributed by atoms with Crippen LogP contribution in [0.25, 0.3) is 0 Å². The summed E-state index contributed by atoms with van der Waals surface area (Å²) in [7, 11) is -4.18. The van der Waals surface area contributed by atoms with Crippen molar-refractivity contribution in [2.24, 2.45) is 9.98 Å². The first kappa shape index (κ1) is 15.0. The Bertz CT molecular complexity index is 463. The van der Waals surface area contributed by atoms with Crippen LogP contribution in [0, 0.1) is 0 Å². The third kappa shape index (κ3) is 4.01. The first-order valence-corrected chi connectivity index (χ1v) is 7.12. The fourth-order valence-electron chi connectivity index (χ4n) is 1.70. The van der Waals surface area contributed by atoms with Gasteiger partial charge in [0.05, 0.1) is 0 Å². The molecule has 1 aliphatic rings. The lowest BCUT2D eigenvalue weighted by Crippen LogP contribution is -2.44. The number of nitrogens with zero attached hydrogens (tertiary/aromatic N) is 2. The highest BCUT2D eigenvalue weighted by Crippen LogP contribution is 2.22. The molecule has 1 N–H and O–H groups in total. The van der Waals surface area contributed by atoms with Gasteiger partial charge in [0.15, 0.2) is 5.84 Å². The monoisotopic (exact) mass is 274 g/mol. The van der Waals surface area contributed by atoms with Crippen molar-refractivity contribution in [1.29, 1.82) is 0 Å². The number of ether oxygens (including phenoxy) is 1. The van der Waals surface area contributed by atoms with Gasteiger partial charge in [0.25, 0.3) is 10.1 Å². The van der Waals surface area contributed by atoms with Gasteiger partial charge in [0.2, 0.25) is 0 Å². The van der Waals surface area contributed by atoms with Crippen molar-refractivity contribution in [1.82, 2.24) is 0 Å². The lowest BCUT2D eigenvalue weighted by atomic mass is 10.1. The largest absolute Gasteiger partial charge is 0.369 e. The minimum absolute atomic E-state index is 0.179. The number of hydrogen-bond acceptors (Lipinski definition) is 4. The van der Waals surface area contributed by atoms with Gasteiger partial charge in [0, 0.05) is 12.8 Å². The Hall–Kier alpha value is -1.05. The van der Waals surface area contributed by atoms with Crippen molar-refractivity contribution in [3.05, 3.63) is 11.8 Å². The van der Waals surface area contributed by atoms with Crippen LogP contribution in [0.5, 0.6) is 0 Å². The van der Waals surface area contributed by atoms with Gasteiger partial charge in [-0.25, -0.2) is 9.98 Å². The van der Waals surface area contributed by atoms with Crippen molar-refractivity contribution in [2.45, 2.75) is 38.0 Å². The molecule has 1 rings (SSSR count). The van der Waals surface area contributed by atoms with E-state index in [2.05, 4.69) is 16.7 Å². The van der Waals surface area contributed by atoms with E-state index < -0.39 is 21.5 Å². The number of amidine groups is 1. The summed E-state index contributed by atoms with van der Waals surface area (Å²) in [6, 6.07) is 0. The molecular formula is C11H18N2O4S. The summed E-state index contributed by atoms with van der Waals surface area (Å²) in [5.74, 6) is 0.179. The Labute approximate surface area is 107 Å². The van der Waals surface area contributed by atoms with E-state index in [1.807, 2.05) is 13.8 Å². The quantitative estimate of drug-likeness (QED) is 0.479. The molecule has 0 saturated carbocycles. The van der Waals surface area contributed by atoms with E-state index in [1.165, 1.54) is 0 Å². The molecule has 0 unspecified atom stereocenters. The van der Waals surface area contributed by atoms with E-state index in [0.29, 0.717) is 19.4 Å². The molecule has 18 heavy (non-hydrogen) atoms. The van der Waals surface area contributed by atoms with Crippen LogP contribution < -0.4 is 0 Å². The van der Waals surface area contributed by atoms with Gasteiger partial charge >= 0.3 is 0 Å². The van der Waals surface area contributed by atoms with E-state index in [4.69, 9.17) is 4.74 Å². The average molecular weight is 274 g/mol. The fourth-order valence-corrected chi connectivity index (χ4v) is 2.68. The summed E-state index contributed by atoms with van der Waals surface area (Å²) in [6.45, 7) is 7.49. The van der Waals surface area contributed by atoms with Gasteiger partial charge < -0.3 is 4.74 Å². The molecule has 7 heteroatoms. The minimum atomic E-state index is -4.18. The summed E-state index contributed by atoms with van der Waals surface area (Å²) in [4.78, 5) is 7.76. The fraction of sp³-hybridized carbons (Fsp3) is 0.636. The molecule has 0 aliphatic carbocycles. The Kier molecular flexibility index (Phi) is 5.18. The number of allylic oxidation sites excluding steroid dienone is 1. The number of aliphatic imine (C=N–C) groups is 2. The Morgan fingerprint density at radius 2 is 2.17 bits per heavy atom. The number of hydrogen-bond donors (Lipinski definition) is 1. The first-order chi connectivity index (χ1) is 8.36. The third-order valence-corrected chi connectivity index (χ3v) is 3.77. The van der Waals surface area contributed by atoms with Crippen molar-refractivity contribution in [3.63, 3.8) is 0 Å². The molecule has 2 atom stereocenters.